The quantitative estimate of drug-likeness (QED) is 0.906. The zero-order valence-corrected chi connectivity index (χ0v) is 14.3. The van der Waals surface area contributed by atoms with Gasteiger partial charge in [0.05, 0.1) is 5.69 Å². The molecule has 1 saturated heterocycles. The van der Waals surface area contributed by atoms with Gasteiger partial charge in [-0.25, -0.2) is 4.68 Å². The summed E-state index contributed by atoms with van der Waals surface area (Å²) in [5.41, 5.74) is 0.829. The summed E-state index contributed by atoms with van der Waals surface area (Å²) in [6.07, 6.45) is 1.43. The summed E-state index contributed by atoms with van der Waals surface area (Å²) in [6, 6.07) is 7.04. The first-order valence-electron chi connectivity index (χ1n) is 8.53. The van der Waals surface area contributed by atoms with Crippen LogP contribution in [0.5, 0.6) is 0 Å². The number of hydrogen-bond donors (Lipinski definition) is 1. The number of rotatable bonds is 5. The summed E-state index contributed by atoms with van der Waals surface area (Å²) in [7, 11) is 0. The van der Waals surface area contributed by atoms with Crippen molar-refractivity contribution < 1.29 is 9.52 Å². The van der Waals surface area contributed by atoms with Crippen LogP contribution in [-0.4, -0.2) is 39.4 Å². The zero-order chi connectivity index (χ0) is 17.1. The van der Waals surface area contributed by atoms with E-state index in [0.717, 1.165) is 37.4 Å². The third-order valence-corrected chi connectivity index (χ3v) is 4.66. The normalized spacial score (nSPS) is 18.0. The Morgan fingerprint density at radius 1 is 1.25 bits per heavy atom. The van der Waals surface area contributed by atoms with Crippen LogP contribution < -0.4 is 5.56 Å². The molecule has 2 aromatic rings. The Bertz CT molecular complexity index is 729. The maximum atomic E-state index is 11.9. The highest BCUT2D eigenvalue weighted by Gasteiger charge is 2.23. The van der Waals surface area contributed by atoms with Gasteiger partial charge in [-0.05, 0) is 63.9 Å². The molecule has 3 heterocycles. The first-order valence-corrected chi connectivity index (χ1v) is 8.53. The maximum absolute atomic E-state index is 11.9. The van der Waals surface area contributed by atoms with E-state index in [0.29, 0.717) is 24.8 Å². The third kappa shape index (κ3) is 4.13. The van der Waals surface area contributed by atoms with Crippen LogP contribution in [-0.2, 0) is 6.54 Å². The average Bonchev–Trinajstić information content (AvgIpc) is 2.99. The molecule has 3 rings (SSSR count). The molecule has 0 aromatic carbocycles. The smallest absolute Gasteiger partial charge is 0.266 e. The van der Waals surface area contributed by atoms with Crippen molar-refractivity contribution in [2.45, 2.75) is 39.3 Å². The summed E-state index contributed by atoms with van der Waals surface area (Å²) in [6.45, 7) is 6.87. The summed E-state index contributed by atoms with van der Waals surface area (Å²) in [5.74, 6) is 1.90. The molecule has 1 fully saturated rings. The second-order valence-corrected chi connectivity index (χ2v) is 6.70. The number of aromatic nitrogens is 2. The highest BCUT2D eigenvalue weighted by Crippen LogP contribution is 2.22. The Kier molecular flexibility index (Phi) is 5.16. The minimum atomic E-state index is -0.587. The SMILES string of the molecule is Cc1ccc(=O)n(CC2CCN(CC(O)c3ccc(C)o3)CC2)n1. The summed E-state index contributed by atoms with van der Waals surface area (Å²) >= 11 is 0. The van der Waals surface area contributed by atoms with Crippen molar-refractivity contribution >= 4 is 0 Å². The third-order valence-electron chi connectivity index (χ3n) is 4.66. The number of likely N-dealkylation sites (tertiary alicyclic amines) is 1. The van der Waals surface area contributed by atoms with Crippen molar-refractivity contribution in [3.05, 3.63) is 51.8 Å². The van der Waals surface area contributed by atoms with E-state index in [1.165, 1.54) is 0 Å². The Balaban J connectivity index is 1.50. The van der Waals surface area contributed by atoms with Crippen LogP contribution >= 0.6 is 0 Å². The number of aryl methyl sites for hydroxylation is 2. The molecule has 0 amide bonds. The summed E-state index contributed by atoms with van der Waals surface area (Å²) in [4.78, 5) is 14.1. The lowest BCUT2D eigenvalue weighted by Crippen LogP contribution is -2.38. The van der Waals surface area contributed by atoms with Crippen LogP contribution in [0.4, 0.5) is 0 Å². The fraction of sp³-hybridized carbons (Fsp3) is 0.556. The molecular weight excluding hydrogens is 306 g/mol. The molecule has 0 bridgehead atoms. The van der Waals surface area contributed by atoms with E-state index in [2.05, 4.69) is 10.00 Å². The molecule has 0 saturated carbocycles. The van der Waals surface area contributed by atoms with E-state index in [-0.39, 0.29) is 5.56 Å². The Labute approximate surface area is 141 Å². The fourth-order valence-corrected chi connectivity index (χ4v) is 3.24. The molecule has 1 N–H and O–H groups in total. The van der Waals surface area contributed by atoms with Gasteiger partial charge >= 0.3 is 0 Å². The standard InChI is InChI=1S/C18H25N3O3/c1-13-3-6-18(23)21(19-13)11-15-7-9-20(10-8-15)12-16(22)17-5-4-14(2)24-17/h3-6,15-16,22H,7-12H2,1-2H3. The monoisotopic (exact) mass is 331 g/mol. The summed E-state index contributed by atoms with van der Waals surface area (Å²) in [5, 5.41) is 14.6. The van der Waals surface area contributed by atoms with Crippen molar-refractivity contribution in [2.75, 3.05) is 19.6 Å². The van der Waals surface area contributed by atoms with Crippen LogP contribution in [0.25, 0.3) is 0 Å². The zero-order valence-electron chi connectivity index (χ0n) is 14.3. The molecule has 6 nitrogen and oxygen atoms in total. The first kappa shape index (κ1) is 16.9. The molecule has 2 aromatic heterocycles. The molecule has 24 heavy (non-hydrogen) atoms. The second kappa shape index (κ2) is 7.32. The molecule has 1 unspecified atom stereocenters. The number of β-amino-alcohol motifs (C(OH)–C–C–N with tert-alkyl or cyclic N) is 1. The Morgan fingerprint density at radius 3 is 2.67 bits per heavy atom. The number of nitrogens with zero attached hydrogens (tertiary/aromatic N) is 3. The van der Waals surface area contributed by atoms with Gasteiger partial charge in [-0.15, -0.1) is 0 Å². The number of furan rings is 1. The highest BCUT2D eigenvalue weighted by atomic mass is 16.4. The van der Waals surface area contributed by atoms with E-state index in [9.17, 15) is 9.90 Å². The van der Waals surface area contributed by atoms with Gasteiger partial charge in [0, 0.05) is 19.2 Å². The molecule has 1 aliphatic heterocycles. The predicted octanol–water partition coefficient (Wildman–Crippen LogP) is 1.90. The lowest BCUT2D eigenvalue weighted by atomic mass is 9.96. The molecular formula is C18H25N3O3. The Hall–Kier alpha value is -1.92. The highest BCUT2D eigenvalue weighted by molar-refractivity contribution is 5.08. The van der Waals surface area contributed by atoms with Gasteiger partial charge in [0.25, 0.3) is 5.56 Å². The van der Waals surface area contributed by atoms with Crippen molar-refractivity contribution in [3.8, 4) is 0 Å². The minimum Gasteiger partial charge on any atom is -0.464 e. The van der Waals surface area contributed by atoms with Crippen LogP contribution in [0.15, 0.2) is 33.5 Å². The van der Waals surface area contributed by atoms with E-state index in [1.807, 2.05) is 26.0 Å². The molecule has 130 valence electrons. The van der Waals surface area contributed by atoms with Crippen LogP contribution in [0.2, 0.25) is 0 Å². The van der Waals surface area contributed by atoms with Crippen LogP contribution in [0.3, 0.4) is 0 Å². The van der Waals surface area contributed by atoms with Gasteiger partial charge in [-0.1, -0.05) is 0 Å². The first-order chi connectivity index (χ1) is 11.5. The van der Waals surface area contributed by atoms with Crippen LogP contribution in [0, 0.1) is 19.8 Å². The van der Waals surface area contributed by atoms with Gasteiger partial charge in [0.2, 0.25) is 0 Å². The van der Waals surface area contributed by atoms with Crippen molar-refractivity contribution in [3.63, 3.8) is 0 Å². The number of piperidine rings is 1. The van der Waals surface area contributed by atoms with Crippen molar-refractivity contribution in [1.82, 2.24) is 14.7 Å². The lowest BCUT2D eigenvalue weighted by Gasteiger charge is -2.32. The Morgan fingerprint density at radius 2 is 2.00 bits per heavy atom. The number of hydrogen-bond acceptors (Lipinski definition) is 5. The van der Waals surface area contributed by atoms with Gasteiger partial charge in [-0.3, -0.25) is 4.79 Å². The maximum Gasteiger partial charge on any atom is 0.266 e. The number of aliphatic hydroxyl groups is 1. The molecule has 1 atom stereocenters. The topological polar surface area (TPSA) is 71.5 Å². The average molecular weight is 331 g/mol. The summed E-state index contributed by atoms with van der Waals surface area (Å²) < 4.78 is 7.07. The second-order valence-electron chi connectivity index (χ2n) is 6.70. The van der Waals surface area contributed by atoms with Gasteiger partial charge in [-0.2, -0.15) is 5.10 Å². The minimum absolute atomic E-state index is 0.0355. The molecule has 1 aliphatic rings. The van der Waals surface area contributed by atoms with E-state index >= 15 is 0 Å². The lowest BCUT2D eigenvalue weighted by molar-refractivity contribution is 0.0719. The molecule has 0 spiro atoms. The van der Waals surface area contributed by atoms with Crippen molar-refractivity contribution in [1.29, 1.82) is 0 Å². The van der Waals surface area contributed by atoms with E-state index < -0.39 is 6.10 Å². The predicted molar refractivity (Wildman–Crippen MR) is 90.8 cm³/mol. The molecule has 0 radical (unpaired) electrons. The largest absolute Gasteiger partial charge is 0.464 e. The number of aliphatic hydroxyl groups excluding tert-OH is 1. The molecule has 0 aliphatic carbocycles. The van der Waals surface area contributed by atoms with E-state index in [4.69, 9.17) is 4.42 Å². The van der Waals surface area contributed by atoms with Gasteiger partial charge < -0.3 is 14.4 Å². The fourth-order valence-electron chi connectivity index (χ4n) is 3.24. The van der Waals surface area contributed by atoms with Crippen LogP contribution in [0.1, 0.15) is 36.2 Å². The van der Waals surface area contributed by atoms with E-state index in [1.54, 1.807) is 16.8 Å². The molecule has 6 heteroatoms. The van der Waals surface area contributed by atoms with Gasteiger partial charge in [0.1, 0.15) is 17.6 Å². The van der Waals surface area contributed by atoms with Gasteiger partial charge in [0.15, 0.2) is 0 Å². The van der Waals surface area contributed by atoms with Crippen molar-refractivity contribution in [2.24, 2.45) is 5.92 Å².